The van der Waals surface area contributed by atoms with Gasteiger partial charge in [0.25, 0.3) is 5.91 Å². The van der Waals surface area contributed by atoms with Crippen LogP contribution >= 0.6 is 0 Å². The summed E-state index contributed by atoms with van der Waals surface area (Å²) in [5.74, 6) is 6.21. The van der Waals surface area contributed by atoms with Crippen LogP contribution in [0.5, 0.6) is 0 Å². The molecule has 0 saturated heterocycles. The molecule has 0 unspecified atom stereocenters. The van der Waals surface area contributed by atoms with Gasteiger partial charge in [0.15, 0.2) is 0 Å². The molecule has 3 aromatic rings. The summed E-state index contributed by atoms with van der Waals surface area (Å²) in [6, 6.07) is 16.8. The van der Waals surface area contributed by atoms with E-state index in [-0.39, 0.29) is 11.8 Å². The van der Waals surface area contributed by atoms with E-state index in [0.717, 1.165) is 34.6 Å². The molecule has 6 heteroatoms. The topological polar surface area (TPSA) is 88.6 Å². The number of benzene rings is 2. The highest BCUT2D eigenvalue weighted by atomic mass is 16.3. The van der Waals surface area contributed by atoms with Crippen LogP contribution in [-0.2, 0) is 17.8 Å². The maximum absolute atomic E-state index is 12.6. The molecule has 0 aliphatic carbocycles. The van der Waals surface area contributed by atoms with E-state index in [1.165, 1.54) is 0 Å². The zero-order valence-electron chi connectivity index (χ0n) is 15.3. The van der Waals surface area contributed by atoms with Gasteiger partial charge in [-0.1, -0.05) is 24.3 Å². The predicted molar refractivity (Wildman–Crippen MR) is 106 cm³/mol. The fourth-order valence-corrected chi connectivity index (χ4v) is 3.42. The van der Waals surface area contributed by atoms with E-state index < -0.39 is 0 Å². The summed E-state index contributed by atoms with van der Waals surface area (Å²) in [6.07, 6.45) is 1.20. The minimum absolute atomic E-state index is 0.0747. The van der Waals surface area contributed by atoms with Gasteiger partial charge < -0.3 is 9.32 Å². The van der Waals surface area contributed by atoms with E-state index in [0.29, 0.717) is 24.3 Å². The van der Waals surface area contributed by atoms with Gasteiger partial charge >= 0.3 is 0 Å². The number of hydrogen-bond acceptors (Lipinski definition) is 4. The lowest BCUT2D eigenvalue weighted by molar-refractivity contribution is -0.119. The minimum Gasteiger partial charge on any atom is -0.461 e. The third-order valence-electron chi connectivity index (χ3n) is 4.92. The number of hydrogen-bond donors (Lipinski definition) is 2. The fraction of sp³-hybridized carbons (Fsp3) is 0.136. The lowest BCUT2D eigenvalue weighted by Gasteiger charge is -2.30. The Balaban J connectivity index is 1.65. The Morgan fingerprint density at radius 3 is 2.57 bits per heavy atom. The van der Waals surface area contributed by atoms with Crippen LogP contribution in [0.1, 0.15) is 33.7 Å². The maximum atomic E-state index is 12.6. The summed E-state index contributed by atoms with van der Waals surface area (Å²) in [5, 5.41) is 0. The van der Waals surface area contributed by atoms with E-state index in [1.54, 1.807) is 17.0 Å². The molecule has 1 aliphatic heterocycles. The maximum Gasteiger partial charge on any atom is 0.265 e. The van der Waals surface area contributed by atoms with Crippen LogP contribution in [0.2, 0.25) is 0 Å². The molecule has 3 N–H and O–H groups in total. The summed E-state index contributed by atoms with van der Waals surface area (Å²) in [7, 11) is 0. The van der Waals surface area contributed by atoms with Crippen LogP contribution in [-0.4, -0.2) is 11.8 Å². The molecule has 0 bridgehead atoms. The number of nitrogens with two attached hydrogens (primary N) is 1. The monoisotopic (exact) mass is 374 g/mol. The molecule has 1 aliphatic rings. The first-order chi connectivity index (χ1) is 13.5. The highest BCUT2D eigenvalue weighted by Crippen LogP contribution is 2.34. The molecule has 1 radical (unpaired) electrons. The van der Waals surface area contributed by atoms with Gasteiger partial charge in [0.05, 0.1) is 6.54 Å². The predicted octanol–water partition coefficient (Wildman–Crippen LogP) is 3.21. The Bertz CT molecular complexity index is 1040. The lowest BCUT2D eigenvalue weighted by atomic mass is 9.97. The van der Waals surface area contributed by atoms with E-state index in [2.05, 4.69) is 12.3 Å². The number of aryl methyl sites for hydroxylation is 1. The number of fused-ring (bicyclic) bond motifs is 1. The molecule has 4 rings (SSSR count). The van der Waals surface area contributed by atoms with E-state index in [9.17, 15) is 9.59 Å². The second-order valence-corrected chi connectivity index (χ2v) is 6.76. The van der Waals surface area contributed by atoms with Crippen molar-refractivity contribution < 1.29 is 14.0 Å². The Morgan fingerprint density at radius 1 is 1.11 bits per heavy atom. The number of nitrogens with zero attached hydrogens (tertiary/aromatic N) is 1. The number of carbonyl (C=O) groups excluding carboxylic acids is 2. The zero-order chi connectivity index (χ0) is 19.7. The molecule has 0 fully saturated rings. The third-order valence-corrected chi connectivity index (χ3v) is 4.92. The molecule has 0 saturated carbocycles. The Labute approximate surface area is 162 Å². The Morgan fingerprint density at radius 2 is 1.89 bits per heavy atom. The van der Waals surface area contributed by atoms with Crippen molar-refractivity contribution in [3.8, 4) is 11.3 Å². The van der Waals surface area contributed by atoms with E-state index in [1.807, 2.05) is 42.5 Å². The average Bonchev–Trinajstić information content (AvgIpc) is 3.16. The molecule has 1 aromatic heterocycles. The van der Waals surface area contributed by atoms with Gasteiger partial charge in [-0.3, -0.25) is 15.0 Å². The molecule has 6 nitrogen and oxygen atoms in total. The summed E-state index contributed by atoms with van der Waals surface area (Å²) < 4.78 is 5.62. The van der Waals surface area contributed by atoms with Gasteiger partial charge in [0.1, 0.15) is 11.5 Å². The highest BCUT2D eigenvalue weighted by Gasteiger charge is 2.25. The SMILES string of the molecule is [CH2]c1ccc(-c2ccc3c(c2)N(Cc2ccc(C(=O)NN)cc2)C(=O)CC3)o1. The third kappa shape index (κ3) is 3.42. The van der Waals surface area contributed by atoms with Crippen molar-refractivity contribution in [2.24, 2.45) is 5.84 Å². The smallest absolute Gasteiger partial charge is 0.265 e. The summed E-state index contributed by atoms with van der Waals surface area (Å²) in [4.78, 5) is 26.0. The number of hydrazine groups is 1. The van der Waals surface area contributed by atoms with Gasteiger partial charge in [0, 0.05) is 30.2 Å². The molecule has 0 spiro atoms. The summed E-state index contributed by atoms with van der Waals surface area (Å²) >= 11 is 0. The van der Waals surface area contributed by atoms with Gasteiger partial charge in [-0.2, -0.15) is 0 Å². The van der Waals surface area contributed by atoms with Crippen molar-refractivity contribution in [3.63, 3.8) is 0 Å². The van der Waals surface area contributed by atoms with Crippen LogP contribution in [0, 0.1) is 6.92 Å². The molecule has 141 valence electrons. The second-order valence-electron chi connectivity index (χ2n) is 6.76. The lowest BCUT2D eigenvalue weighted by Crippen LogP contribution is -2.34. The van der Waals surface area contributed by atoms with Crippen LogP contribution in [0.4, 0.5) is 5.69 Å². The molecule has 2 aromatic carbocycles. The van der Waals surface area contributed by atoms with Crippen molar-refractivity contribution in [1.29, 1.82) is 0 Å². The van der Waals surface area contributed by atoms with Crippen LogP contribution in [0.3, 0.4) is 0 Å². The number of rotatable bonds is 4. The van der Waals surface area contributed by atoms with Crippen LogP contribution in [0.15, 0.2) is 59.0 Å². The molecule has 2 amide bonds. The van der Waals surface area contributed by atoms with Gasteiger partial charge in [0.2, 0.25) is 5.91 Å². The fourth-order valence-electron chi connectivity index (χ4n) is 3.42. The van der Waals surface area contributed by atoms with Gasteiger partial charge in [-0.05, 0) is 47.9 Å². The number of furan rings is 1. The summed E-state index contributed by atoms with van der Waals surface area (Å²) in [6.45, 7) is 4.22. The van der Waals surface area contributed by atoms with Gasteiger partial charge in [-0.15, -0.1) is 0 Å². The normalized spacial score (nSPS) is 13.4. The number of nitrogen functional groups attached to an aromatic ring is 1. The first kappa shape index (κ1) is 18.0. The van der Waals surface area contributed by atoms with Crippen molar-refractivity contribution in [3.05, 3.63) is 84.0 Å². The number of nitrogens with one attached hydrogen (secondary N) is 1. The molecule has 28 heavy (non-hydrogen) atoms. The van der Waals surface area contributed by atoms with Crippen molar-refractivity contribution in [1.82, 2.24) is 5.43 Å². The average molecular weight is 374 g/mol. The molecule has 2 heterocycles. The van der Waals surface area contributed by atoms with E-state index in [4.69, 9.17) is 10.3 Å². The first-order valence-electron chi connectivity index (χ1n) is 9.00. The quantitative estimate of drug-likeness (QED) is 0.417. The van der Waals surface area contributed by atoms with Crippen molar-refractivity contribution in [2.75, 3.05) is 4.90 Å². The van der Waals surface area contributed by atoms with E-state index >= 15 is 0 Å². The molecular formula is C22H20N3O3. The largest absolute Gasteiger partial charge is 0.461 e. The standard InChI is InChI=1S/C22H20N3O3/c1-14-2-10-20(28-14)18-8-7-16-9-11-21(26)25(19(16)12-18)13-15-3-5-17(6-4-15)22(27)24-23/h2-8,10,12H,1,9,11,13,23H2,(H,24,27). The Hall–Kier alpha value is -3.38. The number of carbonyl (C=O) groups is 2. The molecule has 0 atom stereocenters. The molecular weight excluding hydrogens is 354 g/mol. The first-order valence-corrected chi connectivity index (χ1v) is 9.00. The zero-order valence-corrected chi connectivity index (χ0v) is 15.3. The highest BCUT2D eigenvalue weighted by molar-refractivity contribution is 5.97. The number of anilines is 1. The van der Waals surface area contributed by atoms with Gasteiger partial charge in [-0.25, -0.2) is 5.84 Å². The number of amides is 2. The minimum atomic E-state index is -0.348. The van der Waals surface area contributed by atoms with Crippen molar-refractivity contribution >= 4 is 17.5 Å². The van der Waals surface area contributed by atoms with Crippen molar-refractivity contribution in [2.45, 2.75) is 19.4 Å². The summed E-state index contributed by atoms with van der Waals surface area (Å²) in [5.41, 5.74) is 6.43. The Kier molecular flexibility index (Phi) is 4.71. The second kappa shape index (κ2) is 7.32. The van der Waals surface area contributed by atoms with Crippen LogP contribution in [0.25, 0.3) is 11.3 Å². The van der Waals surface area contributed by atoms with Crippen LogP contribution < -0.4 is 16.2 Å².